The fourth-order valence-corrected chi connectivity index (χ4v) is 4.95. The Bertz CT molecular complexity index is 1350. The highest BCUT2D eigenvalue weighted by molar-refractivity contribution is 6.31. The van der Waals surface area contributed by atoms with Crippen LogP contribution in [0, 0.1) is 6.92 Å². The predicted molar refractivity (Wildman–Crippen MR) is 143 cm³/mol. The maximum Gasteiger partial charge on any atom is 0.273 e. The molecule has 5 nitrogen and oxygen atoms in total. The van der Waals surface area contributed by atoms with Gasteiger partial charge in [-0.15, -0.1) is 0 Å². The third-order valence-corrected chi connectivity index (χ3v) is 7.11. The normalized spacial score (nSPS) is 14.8. The van der Waals surface area contributed by atoms with E-state index in [1.807, 2.05) is 53.4 Å². The van der Waals surface area contributed by atoms with E-state index in [0.717, 1.165) is 53.0 Å². The number of amides is 1. The van der Waals surface area contributed by atoms with E-state index >= 15 is 0 Å². The minimum absolute atomic E-state index is 0.0102. The van der Waals surface area contributed by atoms with Gasteiger partial charge in [0.2, 0.25) is 0 Å². The van der Waals surface area contributed by atoms with Gasteiger partial charge < -0.3 is 9.64 Å². The number of benzene rings is 3. The first-order valence-electron chi connectivity index (χ1n) is 12.5. The lowest BCUT2D eigenvalue weighted by Gasteiger charge is -2.26. The van der Waals surface area contributed by atoms with Gasteiger partial charge in [-0.1, -0.05) is 91.5 Å². The van der Waals surface area contributed by atoms with Gasteiger partial charge in [0.25, 0.3) is 5.91 Å². The summed E-state index contributed by atoms with van der Waals surface area (Å²) in [5, 5.41) is 8.31. The van der Waals surface area contributed by atoms with Crippen molar-refractivity contribution in [3.63, 3.8) is 0 Å². The second kappa shape index (κ2) is 10.6. The van der Waals surface area contributed by atoms with Crippen LogP contribution in [0.25, 0.3) is 11.3 Å². The van der Waals surface area contributed by atoms with E-state index in [2.05, 4.69) is 48.3 Å². The summed E-state index contributed by atoms with van der Waals surface area (Å²) in [7, 11) is 0. The van der Waals surface area contributed by atoms with Gasteiger partial charge in [0.1, 0.15) is 18.1 Å². The van der Waals surface area contributed by atoms with Crippen molar-refractivity contribution < 1.29 is 9.53 Å². The first-order valence-corrected chi connectivity index (χ1v) is 12.9. The lowest BCUT2D eigenvalue weighted by molar-refractivity contribution is 0.0740. The number of nitrogens with zero attached hydrogens (tertiary/aromatic N) is 2. The topological polar surface area (TPSA) is 58.2 Å². The Hall–Kier alpha value is -3.57. The van der Waals surface area contributed by atoms with Crippen molar-refractivity contribution in [1.29, 1.82) is 0 Å². The van der Waals surface area contributed by atoms with Gasteiger partial charge in [0.05, 0.1) is 11.7 Å². The second-order valence-corrected chi connectivity index (χ2v) is 9.69. The van der Waals surface area contributed by atoms with Gasteiger partial charge in [0.15, 0.2) is 0 Å². The summed E-state index contributed by atoms with van der Waals surface area (Å²) in [6.45, 7) is 5.34. The molecule has 5 rings (SSSR count). The Morgan fingerprint density at radius 2 is 1.75 bits per heavy atom. The number of carbonyl (C=O) groups excluding carboxylic acids is 1. The van der Waals surface area contributed by atoms with Crippen molar-refractivity contribution in [3.05, 3.63) is 106 Å². The molecular weight excluding hydrogens is 470 g/mol. The molecule has 36 heavy (non-hydrogen) atoms. The maximum absolute atomic E-state index is 13.4. The molecular formula is C30H30ClN3O2. The molecule has 0 aliphatic carbocycles. The van der Waals surface area contributed by atoms with Crippen LogP contribution in [0.3, 0.4) is 0 Å². The monoisotopic (exact) mass is 499 g/mol. The highest BCUT2D eigenvalue weighted by Crippen LogP contribution is 2.43. The maximum atomic E-state index is 13.4. The Morgan fingerprint density at radius 3 is 2.47 bits per heavy atom. The summed E-state index contributed by atoms with van der Waals surface area (Å²) >= 11 is 6.27. The minimum Gasteiger partial charge on any atom is -0.489 e. The molecule has 0 saturated carbocycles. The summed E-state index contributed by atoms with van der Waals surface area (Å²) < 4.78 is 5.99. The molecule has 1 amide bonds. The van der Waals surface area contributed by atoms with E-state index in [-0.39, 0.29) is 11.9 Å². The molecule has 1 aliphatic heterocycles. The zero-order valence-electron chi connectivity index (χ0n) is 20.6. The van der Waals surface area contributed by atoms with E-state index in [4.69, 9.17) is 16.3 Å². The van der Waals surface area contributed by atoms with Crippen LogP contribution in [0.1, 0.15) is 65.0 Å². The van der Waals surface area contributed by atoms with Gasteiger partial charge in [-0.05, 0) is 37.1 Å². The average molecular weight is 500 g/mol. The van der Waals surface area contributed by atoms with Crippen LogP contribution in [0.15, 0.2) is 72.8 Å². The third kappa shape index (κ3) is 4.76. The summed E-state index contributed by atoms with van der Waals surface area (Å²) in [5.74, 6) is 0.766. The number of aromatic nitrogens is 2. The first-order chi connectivity index (χ1) is 17.6. The second-order valence-electron chi connectivity index (χ2n) is 9.28. The molecule has 1 atom stereocenters. The zero-order valence-corrected chi connectivity index (χ0v) is 21.4. The van der Waals surface area contributed by atoms with Crippen LogP contribution in [0.2, 0.25) is 5.02 Å². The van der Waals surface area contributed by atoms with E-state index in [9.17, 15) is 4.79 Å². The fraction of sp³-hybridized carbons (Fsp3) is 0.267. The summed E-state index contributed by atoms with van der Waals surface area (Å²) in [5.41, 5.74) is 6.55. The molecule has 1 unspecified atom stereocenters. The van der Waals surface area contributed by atoms with Crippen molar-refractivity contribution in [2.45, 2.75) is 45.8 Å². The van der Waals surface area contributed by atoms with E-state index < -0.39 is 0 Å². The number of halogens is 1. The minimum atomic E-state index is -0.197. The van der Waals surface area contributed by atoms with E-state index in [1.165, 1.54) is 5.56 Å². The van der Waals surface area contributed by atoms with E-state index in [1.54, 1.807) is 0 Å². The molecule has 0 fully saturated rings. The molecule has 3 aromatic carbocycles. The zero-order chi connectivity index (χ0) is 25.1. The lowest BCUT2D eigenvalue weighted by atomic mass is 9.95. The molecule has 1 aliphatic rings. The molecule has 4 aromatic rings. The van der Waals surface area contributed by atoms with Crippen molar-refractivity contribution in [3.8, 4) is 17.0 Å². The van der Waals surface area contributed by atoms with Gasteiger partial charge in [-0.3, -0.25) is 9.89 Å². The van der Waals surface area contributed by atoms with E-state index in [0.29, 0.717) is 23.9 Å². The van der Waals surface area contributed by atoms with Crippen LogP contribution in [0.4, 0.5) is 0 Å². The smallest absolute Gasteiger partial charge is 0.273 e. The standard InChI is InChI=1S/C30H30ClN3O2/c1-3-4-7-18-34-29(22-14-16-24(17-15-22)36-19-23-8-5-6-9-25(23)31)26-27(32-33-28(26)30(34)35)21-12-10-20(2)11-13-21/h5-6,8-17,29H,3-4,7,18-19H2,1-2H3,(H,32,33). The largest absolute Gasteiger partial charge is 0.489 e. The van der Waals surface area contributed by atoms with Crippen molar-refractivity contribution in [2.24, 2.45) is 0 Å². The number of aromatic amines is 1. The van der Waals surface area contributed by atoms with Crippen LogP contribution >= 0.6 is 11.6 Å². The summed E-state index contributed by atoms with van der Waals surface area (Å²) in [6.07, 6.45) is 3.16. The van der Waals surface area contributed by atoms with Gasteiger partial charge in [0, 0.05) is 28.3 Å². The summed E-state index contributed by atoms with van der Waals surface area (Å²) in [4.78, 5) is 15.4. The number of hydrogen-bond donors (Lipinski definition) is 1. The number of H-pyrrole nitrogens is 1. The van der Waals surface area contributed by atoms with Gasteiger partial charge in [-0.25, -0.2) is 0 Å². The number of unbranched alkanes of at least 4 members (excludes halogenated alkanes) is 2. The van der Waals surface area contributed by atoms with Crippen LogP contribution < -0.4 is 4.74 Å². The molecule has 0 saturated heterocycles. The number of aryl methyl sites for hydroxylation is 1. The number of carbonyl (C=O) groups is 1. The first kappa shape index (κ1) is 24.1. The molecule has 0 radical (unpaired) electrons. The van der Waals surface area contributed by atoms with Crippen molar-refractivity contribution >= 4 is 17.5 Å². The highest BCUT2D eigenvalue weighted by atomic mass is 35.5. The van der Waals surface area contributed by atoms with Crippen LogP contribution in [-0.4, -0.2) is 27.5 Å². The highest BCUT2D eigenvalue weighted by Gasteiger charge is 2.41. The SMILES string of the molecule is CCCCCN1C(=O)c2[nH]nc(-c3ccc(C)cc3)c2C1c1ccc(OCc2ccccc2Cl)cc1. The Kier molecular flexibility index (Phi) is 7.10. The molecule has 0 spiro atoms. The summed E-state index contributed by atoms with van der Waals surface area (Å²) in [6, 6.07) is 23.8. The van der Waals surface area contributed by atoms with Crippen LogP contribution in [-0.2, 0) is 6.61 Å². The van der Waals surface area contributed by atoms with Crippen molar-refractivity contribution in [2.75, 3.05) is 6.54 Å². The number of hydrogen-bond acceptors (Lipinski definition) is 3. The quantitative estimate of drug-likeness (QED) is 0.245. The molecule has 0 bridgehead atoms. The molecule has 6 heteroatoms. The fourth-order valence-electron chi connectivity index (χ4n) is 4.76. The van der Waals surface area contributed by atoms with Gasteiger partial charge >= 0.3 is 0 Å². The van der Waals surface area contributed by atoms with Crippen LogP contribution in [0.5, 0.6) is 5.75 Å². The number of nitrogens with one attached hydrogen (secondary N) is 1. The Morgan fingerprint density at radius 1 is 1.00 bits per heavy atom. The number of ether oxygens (including phenoxy) is 1. The molecule has 1 N–H and O–H groups in total. The number of rotatable bonds is 9. The lowest BCUT2D eigenvalue weighted by Crippen LogP contribution is -2.30. The molecule has 2 heterocycles. The predicted octanol–water partition coefficient (Wildman–Crippen LogP) is 7.35. The molecule has 184 valence electrons. The van der Waals surface area contributed by atoms with Gasteiger partial charge in [-0.2, -0.15) is 5.10 Å². The Balaban J connectivity index is 1.45. The van der Waals surface area contributed by atoms with Crippen molar-refractivity contribution in [1.82, 2.24) is 15.1 Å². The Labute approximate surface area is 217 Å². The third-order valence-electron chi connectivity index (χ3n) is 6.74. The average Bonchev–Trinajstić information content (AvgIpc) is 3.44. The molecule has 1 aromatic heterocycles. The number of fused-ring (bicyclic) bond motifs is 1.